The summed E-state index contributed by atoms with van der Waals surface area (Å²) in [5, 5.41) is 2.98. The minimum absolute atomic E-state index is 0.278. The minimum Gasteiger partial charge on any atom is -0.444 e. The molecule has 8 heteroatoms. The van der Waals surface area contributed by atoms with Crippen molar-refractivity contribution >= 4 is 29.7 Å². The van der Waals surface area contributed by atoms with E-state index in [-0.39, 0.29) is 11.5 Å². The highest BCUT2D eigenvalue weighted by molar-refractivity contribution is 6.62. The number of nitrogens with zero attached hydrogens (tertiary/aromatic N) is 1. The Morgan fingerprint density at radius 1 is 1.10 bits per heavy atom. The Hall–Kier alpha value is -2.06. The molecule has 0 spiro atoms. The van der Waals surface area contributed by atoms with Gasteiger partial charge in [0.15, 0.2) is 0 Å². The normalized spacial score (nSPS) is 19.5. The first kappa shape index (κ1) is 23.6. The lowest BCUT2D eigenvalue weighted by molar-refractivity contribution is 0.00578. The van der Waals surface area contributed by atoms with E-state index in [0.29, 0.717) is 5.82 Å². The number of aromatic amines is 1. The number of aromatic nitrogens is 2. The summed E-state index contributed by atoms with van der Waals surface area (Å²) in [5.41, 5.74) is 0.949. The largest absolute Gasteiger partial charge is 0.494 e. The van der Waals surface area contributed by atoms with Gasteiger partial charge < -0.3 is 24.3 Å². The smallest absolute Gasteiger partial charge is 0.444 e. The lowest BCUT2D eigenvalue weighted by Crippen LogP contribution is -2.41. The summed E-state index contributed by atoms with van der Waals surface area (Å²) in [5.74, 6) is 0.680. The fourth-order valence-corrected chi connectivity index (χ4v) is 3.43. The Kier molecular flexibility index (Phi) is 5.73. The number of hydrogen-bond donors (Lipinski definition) is 2. The van der Waals surface area contributed by atoms with Crippen LogP contribution in [0.1, 0.15) is 81.1 Å². The Balaban J connectivity index is 1.89. The van der Waals surface area contributed by atoms with E-state index >= 15 is 0 Å². The number of alkyl carbamates (subject to hydrolysis) is 1. The van der Waals surface area contributed by atoms with Crippen LogP contribution in [0.15, 0.2) is 18.2 Å². The third-order valence-corrected chi connectivity index (χ3v) is 5.85. The van der Waals surface area contributed by atoms with Gasteiger partial charge in [0, 0.05) is 0 Å². The molecule has 3 rings (SSSR count). The molecule has 2 heterocycles. The monoisotopic (exact) mass is 429 g/mol. The van der Waals surface area contributed by atoms with Gasteiger partial charge in [0.2, 0.25) is 0 Å². The van der Waals surface area contributed by atoms with Gasteiger partial charge in [-0.1, -0.05) is 26.8 Å². The number of rotatable bonds is 3. The fourth-order valence-electron chi connectivity index (χ4n) is 3.43. The summed E-state index contributed by atoms with van der Waals surface area (Å²) in [6.07, 6.45) is -0.467. The molecule has 170 valence electrons. The minimum atomic E-state index is -0.571. The molecule has 1 atom stereocenters. The molecule has 1 aromatic carbocycles. The van der Waals surface area contributed by atoms with Crippen molar-refractivity contribution in [1.82, 2.24) is 15.3 Å². The van der Waals surface area contributed by atoms with Gasteiger partial charge in [-0.15, -0.1) is 0 Å². The van der Waals surface area contributed by atoms with E-state index in [0.717, 1.165) is 16.5 Å². The molecular formula is C23H36BN3O4. The highest BCUT2D eigenvalue weighted by atomic mass is 16.7. The maximum absolute atomic E-state index is 12.4. The molecule has 0 unspecified atom stereocenters. The van der Waals surface area contributed by atoms with Gasteiger partial charge in [-0.3, -0.25) is 0 Å². The molecule has 0 saturated carbocycles. The summed E-state index contributed by atoms with van der Waals surface area (Å²) >= 11 is 0. The van der Waals surface area contributed by atoms with Crippen molar-refractivity contribution in [2.45, 2.75) is 92.1 Å². The summed E-state index contributed by atoms with van der Waals surface area (Å²) in [6.45, 7) is 19.8. The molecule has 0 aliphatic carbocycles. The first-order chi connectivity index (χ1) is 14.0. The topological polar surface area (TPSA) is 85.5 Å². The van der Waals surface area contributed by atoms with Crippen LogP contribution in [0.5, 0.6) is 0 Å². The number of carbonyl (C=O) groups is 1. The van der Waals surface area contributed by atoms with E-state index in [4.69, 9.17) is 19.0 Å². The molecule has 1 aromatic heterocycles. The van der Waals surface area contributed by atoms with Crippen LogP contribution in [-0.2, 0) is 14.0 Å². The van der Waals surface area contributed by atoms with E-state index in [9.17, 15) is 4.79 Å². The van der Waals surface area contributed by atoms with E-state index in [1.807, 2.05) is 66.7 Å². The van der Waals surface area contributed by atoms with Gasteiger partial charge in [0.05, 0.1) is 28.3 Å². The van der Waals surface area contributed by atoms with Crippen molar-refractivity contribution < 1.29 is 18.8 Å². The van der Waals surface area contributed by atoms with E-state index < -0.39 is 30.0 Å². The molecule has 1 fully saturated rings. The zero-order valence-corrected chi connectivity index (χ0v) is 20.5. The fraction of sp³-hybridized carbons (Fsp3) is 0.652. The van der Waals surface area contributed by atoms with Crippen LogP contribution < -0.4 is 10.8 Å². The van der Waals surface area contributed by atoms with Gasteiger partial charge in [0.25, 0.3) is 0 Å². The lowest BCUT2D eigenvalue weighted by Gasteiger charge is -2.32. The molecule has 0 bridgehead atoms. The number of nitrogens with one attached hydrogen (secondary N) is 2. The number of hydrogen-bond acceptors (Lipinski definition) is 5. The van der Waals surface area contributed by atoms with E-state index in [2.05, 4.69) is 31.1 Å². The highest BCUT2D eigenvalue weighted by Crippen LogP contribution is 2.37. The van der Waals surface area contributed by atoms with Crippen molar-refractivity contribution in [2.24, 2.45) is 5.41 Å². The second-order valence-corrected chi connectivity index (χ2v) is 11.4. The molecule has 1 aliphatic rings. The van der Waals surface area contributed by atoms with Crippen LogP contribution >= 0.6 is 0 Å². The second kappa shape index (κ2) is 7.52. The molecule has 1 amide bonds. The van der Waals surface area contributed by atoms with E-state index in [1.54, 1.807) is 0 Å². The maximum atomic E-state index is 12.4. The predicted molar refractivity (Wildman–Crippen MR) is 123 cm³/mol. The second-order valence-electron chi connectivity index (χ2n) is 11.4. The standard InChI is InChI=1S/C23H36BN3O4/c1-20(2,3)17(27-19(28)29-21(4,5)6)18-25-15-12-11-14(13-16(15)26-18)24-30-22(7,8)23(9,10)31-24/h11-13,17H,1-10H3,(H,25,26)(H,27,28)/t17-/m1/s1. The van der Waals surface area contributed by atoms with Crippen LogP contribution in [0.3, 0.4) is 0 Å². The van der Waals surface area contributed by atoms with Gasteiger partial charge in [-0.25, -0.2) is 9.78 Å². The third kappa shape index (κ3) is 5.06. The first-order valence-electron chi connectivity index (χ1n) is 10.8. The number of amides is 1. The van der Waals surface area contributed by atoms with Crippen LogP contribution in [0.4, 0.5) is 4.79 Å². The number of fused-ring (bicyclic) bond motifs is 1. The average molecular weight is 429 g/mol. The Bertz CT molecular complexity index is 953. The molecule has 1 saturated heterocycles. The average Bonchev–Trinajstić information content (AvgIpc) is 3.07. The third-order valence-electron chi connectivity index (χ3n) is 5.85. The Morgan fingerprint density at radius 2 is 1.68 bits per heavy atom. The number of H-pyrrole nitrogens is 1. The Morgan fingerprint density at radius 3 is 2.19 bits per heavy atom. The highest BCUT2D eigenvalue weighted by Gasteiger charge is 2.51. The zero-order chi connectivity index (χ0) is 23.4. The van der Waals surface area contributed by atoms with Crippen molar-refractivity contribution in [3.63, 3.8) is 0 Å². The molecule has 2 aromatic rings. The summed E-state index contributed by atoms with van der Waals surface area (Å²) in [6, 6.07) is 5.57. The molecular weight excluding hydrogens is 393 g/mol. The quantitative estimate of drug-likeness (QED) is 0.703. The van der Waals surface area contributed by atoms with Crippen LogP contribution in [0.25, 0.3) is 11.0 Å². The number of imidazole rings is 1. The van der Waals surface area contributed by atoms with Gasteiger partial charge >= 0.3 is 13.2 Å². The van der Waals surface area contributed by atoms with Crippen molar-refractivity contribution in [2.75, 3.05) is 0 Å². The number of ether oxygens (including phenoxy) is 1. The molecule has 7 nitrogen and oxygen atoms in total. The lowest BCUT2D eigenvalue weighted by atomic mass is 9.79. The van der Waals surface area contributed by atoms with Gasteiger partial charge in [-0.2, -0.15) is 0 Å². The first-order valence-corrected chi connectivity index (χ1v) is 10.8. The van der Waals surface area contributed by atoms with Crippen LogP contribution in [0.2, 0.25) is 0 Å². The van der Waals surface area contributed by atoms with Crippen molar-refractivity contribution in [3.8, 4) is 0 Å². The van der Waals surface area contributed by atoms with Crippen molar-refractivity contribution in [3.05, 3.63) is 24.0 Å². The van der Waals surface area contributed by atoms with Crippen molar-refractivity contribution in [1.29, 1.82) is 0 Å². The zero-order valence-electron chi connectivity index (χ0n) is 20.5. The molecule has 0 radical (unpaired) electrons. The molecule has 31 heavy (non-hydrogen) atoms. The summed E-state index contributed by atoms with van der Waals surface area (Å²) in [7, 11) is -0.445. The number of benzene rings is 1. The molecule has 2 N–H and O–H groups in total. The van der Waals surface area contributed by atoms with Gasteiger partial charge in [-0.05, 0) is 71.5 Å². The van der Waals surface area contributed by atoms with Crippen LogP contribution in [-0.4, -0.2) is 40.0 Å². The Labute approximate surface area is 185 Å². The van der Waals surface area contributed by atoms with E-state index in [1.165, 1.54) is 0 Å². The summed E-state index contributed by atoms with van der Waals surface area (Å²) < 4.78 is 17.8. The van der Waals surface area contributed by atoms with Crippen LogP contribution in [0, 0.1) is 5.41 Å². The number of carbonyl (C=O) groups excluding carboxylic acids is 1. The predicted octanol–water partition coefficient (Wildman–Crippen LogP) is 4.47. The maximum Gasteiger partial charge on any atom is 0.494 e. The van der Waals surface area contributed by atoms with Gasteiger partial charge in [0.1, 0.15) is 11.4 Å². The SMILES string of the molecule is CC(C)(C)OC(=O)N[C@H](c1nc2ccc(B3OC(C)(C)C(C)(C)O3)cc2[nH]1)C(C)(C)C. The summed E-state index contributed by atoms with van der Waals surface area (Å²) in [4.78, 5) is 20.6. The molecule has 1 aliphatic heterocycles.